The molecular weight excluding hydrogens is 178 g/mol. The van der Waals surface area contributed by atoms with Gasteiger partial charge in [-0.25, -0.2) is 0 Å². The van der Waals surface area contributed by atoms with E-state index in [1.165, 1.54) is 0 Å². The maximum Gasteiger partial charge on any atom is 0.316 e. The number of carboxylic acid groups (broad SMARTS) is 1. The van der Waals surface area contributed by atoms with E-state index in [2.05, 4.69) is 17.9 Å². The maximum atomic E-state index is 10.5. The predicted molar refractivity (Wildman–Crippen MR) is 48.2 cm³/mol. The standard InChI is InChI=1S/C7H13NO3S/c1-4(5(2)8-3-9)6(12)7(10)11/h3-6,12H,1-2H3,(H,8,9)(H,10,11). The van der Waals surface area contributed by atoms with Crippen molar-refractivity contribution in [3.63, 3.8) is 0 Å². The zero-order chi connectivity index (χ0) is 9.72. The van der Waals surface area contributed by atoms with Crippen LogP contribution in [0.5, 0.6) is 0 Å². The van der Waals surface area contributed by atoms with Crippen molar-refractivity contribution in [1.29, 1.82) is 0 Å². The van der Waals surface area contributed by atoms with Crippen LogP contribution in [-0.4, -0.2) is 28.8 Å². The van der Waals surface area contributed by atoms with Crippen LogP contribution < -0.4 is 5.32 Å². The second kappa shape index (κ2) is 5.03. The number of carbonyl (C=O) groups is 2. The first-order valence-corrected chi connectivity index (χ1v) is 4.13. The Bertz CT molecular complexity index is 174. The van der Waals surface area contributed by atoms with Gasteiger partial charge in [-0.15, -0.1) is 0 Å². The monoisotopic (exact) mass is 191 g/mol. The van der Waals surface area contributed by atoms with Crippen molar-refractivity contribution in [1.82, 2.24) is 5.32 Å². The SMILES string of the molecule is CC(NC=O)C(C)C(S)C(=O)O. The van der Waals surface area contributed by atoms with Gasteiger partial charge in [0.05, 0.1) is 0 Å². The van der Waals surface area contributed by atoms with Gasteiger partial charge in [0.15, 0.2) is 0 Å². The number of hydrogen-bond donors (Lipinski definition) is 3. The lowest BCUT2D eigenvalue weighted by Gasteiger charge is -2.21. The van der Waals surface area contributed by atoms with E-state index in [0.717, 1.165) is 0 Å². The first-order chi connectivity index (χ1) is 5.50. The molecule has 3 unspecified atom stereocenters. The van der Waals surface area contributed by atoms with Gasteiger partial charge in [-0.3, -0.25) is 9.59 Å². The van der Waals surface area contributed by atoms with E-state index in [1.54, 1.807) is 13.8 Å². The van der Waals surface area contributed by atoms with Crippen LogP contribution in [0.2, 0.25) is 0 Å². The van der Waals surface area contributed by atoms with Crippen LogP contribution >= 0.6 is 12.6 Å². The first kappa shape index (κ1) is 11.3. The van der Waals surface area contributed by atoms with Gasteiger partial charge in [0.2, 0.25) is 6.41 Å². The van der Waals surface area contributed by atoms with Gasteiger partial charge in [-0.2, -0.15) is 12.6 Å². The van der Waals surface area contributed by atoms with Crippen molar-refractivity contribution < 1.29 is 14.7 Å². The molecule has 0 spiro atoms. The Morgan fingerprint density at radius 3 is 2.42 bits per heavy atom. The van der Waals surface area contributed by atoms with Crippen LogP contribution in [0.4, 0.5) is 0 Å². The molecule has 0 aromatic heterocycles. The molecule has 12 heavy (non-hydrogen) atoms. The first-order valence-electron chi connectivity index (χ1n) is 3.61. The summed E-state index contributed by atoms with van der Waals surface area (Å²) < 4.78 is 0. The number of hydrogen-bond acceptors (Lipinski definition) is 3. The van der Waals surface area contributed by atoms with Gasteiger partial charge in [0, 0.05) is 6.04 Å². The van der Waals surface area contributed by atoms with E-state index in [9.17, 15) is 9.59 Å². The van der Waals surface area contributed by atoms with E-state index >= 15 is 0 Å². The molecule has 3 atom stereocenters. The zero-order valence-corrected chi connectivity index (χ0v) is 7.91. The number of thiol groups is 1. The fourth-order valence-corrected chi connectivity index (χ4v) is 1.02. The minimum absolute atomic E-state index is 0.180. The minimum atomic E-state index is -0.967. The van der Waals surface area contributed by atoms with Crippen LogP contribution in [0, 0.1) is 5.92 Å². The molecule has 0 saturated heterocycles. The Morgan fingerprint density at radius 2 is 2.08 bits per heavy atom. The normalized spacial score (nSPS) is 17.6. The number of carboxylic acids is 1. The van der Waals surface area contributed by atoms with E-state index in [1.807, 2.05) is 0 Å². The third-order valence-electron chi connectivity index (χ3n) is 1.87. The van der Waals surface area contributed by atoms with Gasteiger partial charge in [0.1, 0.15) is 5.25 Å². The van der Waals surface area contributed by atoms with Crippen molar-refractivity contribution in [2.24, 2.45) is 5.92 Å². The molecule has 0 aliphatic rings. The number of amides is 1. The molecular formula is C7H13NO3S. The number of carbonyl (C=O) groups excluding carboxylic acids is 1. The summed E-state index contributed by atoms with van der Waals surface area (Å²) in [5.41, 5.74) is 0. The molecule has 0 aromatic carbocycles. The summed E-state index contributed by atoms with van der Waals surface area (Å²) in [6.45, 7) is 3.47. The summed E-state index contributed by atoms with van der Waals surface area (Å²) in [4.78, 5) is 20.5. The van der Waals surface area contributed by atoms with E-state index in [-0.39, 0.29) is 12.0 Å². The van der Waals surface area contributed by atoms with Gasteiger partial charge in [-0.1, -0.05) is 6.92 Å². The van der Waals surface area contributed by atoms with Crippen LogP contribution in [-0.2, 0) is 9.59 Å². The second-order valence-electron chi connectivity index (χ2n) is 2.72. The van der Waals surface area contributed by atoms with E-state index < -0.39 is 11.2 Å². The highest BCUT2D eigenvalue weighted by Crippen LogP contribution is 2.13. The Kier molecular flexibility index (Phi) is 4.73. The lowest BCUT2D eigenvalue weighted by molar-refractivity contribution is -0.137. The summed E-state index contributed by atoms with van der Waals surface area (Å²) in [5.74, 6) is -1.17. The molecule has 2 N–H and O–H groups in total. The van der Waals surface area contributed by atoms with Crippen LogP contribution in [0.15, 0.2) is 0 Å². The number of nitrogens with one attached hydrogen (secondary N) is 1. The van der Waals surface area contributed by atoms with Gasteiger partial charge < -0.3 is 10.4 Å². The molecule has 0 aromatic rings. The topological polar surface area (TPSA) is 66.4 Å². The Morgan fingerprint density at radius 1 is 1.58 bits per heavy atom. The largest absolute Gasteiger partial charge is 0.480 e. The Labute approximate surface area is 76.8 Å². The molecule has 0 bridgehead atoms. The van der Waals surface area contributed by atoms with Gasteiger partial charge in [-0.05, 0) is 12.8 Å². The van der Waals surface area contributed by atoms with Crippen molar-refractivity contribution in [2.75, 3.05) is 0 Å². The fourth-order valence-electron chi connectivity index (χ4n) is 0.757. The average molecular weight is 191 g/mol. The predicted octanol–water partition coefficient (Wildman–Crippen LogP) is 0.140. The summed E-state index contributed by atoms with van der Waals surface area (Å²) in [6, 6.07) is -0.180. The summed E-state index contributed by atoms with van der Waals surface area (Å²) in [6.07, 6.45) is 0.559. The third-order valence-corrected chi connectivity index (χ3v) is 2.56. The molecule has 0 saturated carbocycles. The number of aliphatic carboxylic acids is 1. The van der Waals surface area contributed by atoms with E-state index in [4.69, 9.17) is 5.11 Å². The molecule has 0 aliphatic heterocycles. The maximum absolute atomic E-state index is 10.5. The molecule has 0 aliphatic carbocycles. The molecule has 0 rings (SSSR count). The van der Waals surface area contributed by atoms with E-state index in [0.29, 0.717) is 6.41 Å². The molecule has 0 heterocycles. The Hall–Kier alpha value is -0.710. The lowest BCUT2D eigenvalue weighted by atomic mass is 10.00. The Balaban J connectivity index is 4.07. The zero-order valence-electron chi connectivity index (χ0n) is 7.02. The van der Waals surface area contributed by atoms with Gasteiger partial charge in [0.25, 0.3) is 0 Å². The number of rotatable bonds is 5. The molecule has 70 valence electrons. The van der Waals surface area contributed by atoms with Crippen molar-refractivity contribution in [3.05, 3.63) is 0 Å². The van der Waals surface area contributed by atoms with Crippen LogP contribution in [0.1, 0.15) is 13.8 Å². The van der Waals surface area contributed by atoms with Crippen molar-refractivity contribution >= 4 is 25.0 Å². The second-order valence-corrected chi connectivity index (χ2v) is 3.27. The lowest BCUT2D eigenvalue weighted by Crippen LogP contribution is -2.38. The molecule has 4 nitrogen and oxygen atoms in total. The van der Waals surface area contributed by atoms with Crippen molar-refractivity contribution in [2.45, 2.75) is 25.1 Å². The summed E-state index contributed by atoms with van der Waals surface area (Å²) in [5, 5.41) is 10.3. The molecule has 0 radical (unpaired) electrons. The molecule has 5 heteroatoms. The third kappa shape index (κ3) is 3.13. The van der Waals surface area contributed by atoms with Crippen molar-refractivity contribution in [3.8, 4) is 0 Å². The van der Waals surface area contributed by atoms with Crippen LogP contribution in [0.3, 0.4) is 0 Å². The highest BCUT2D eigenvalue weighted by Gasteiger charge is 2.24. The summed E-state index contributed by atoms with van der Waals surface area (Å²) in [7, 11) is 0. The smallest absolute Gasteiger partial charge is 0.316 e. The molecule has 1 amide bonds. The summed E-state index contributed by atoms with van der Waals surface area (Å²) >= 11 is 3.90. The highest BCUT2D eigenvalue weighted by atomic mass is 32.1. The fraction of sp³-hybridized carbons (Fsp3) is 0.714. The highest BCUT2D eigenvalue weighted by molar-refractivity contribution is 7.81. The minimum Gasteiger partial charge on any atom is -0.480 e. The molecule has 0 fully saturated rings. The van der Waals surface area contributed by atoms with Crippen LogP contribution in [0.25, 0.3) is 0 Å². The average Bonchev–Trinajstić information content (AvgIpc) is 2.02. The van der Waals surface area contributed by atoms with Gasteiger partial charge >= 0.3 is 5.97 Å². The quantitative estimate of drug-likeness (QED) is 0.428.